The minimum absolute atomic E-state index is 0.233. The molecule has 1 aliphatic rings. The van der Waals surface area contributed by atoms with E-state index in [-0.39, 0.29) is 5.91 Å². The SMILES string of the molecule is CCCC1CCN(CCCCC(C)(NCC)C(N)=O)C1. The number of primary amides is 1. The molecule has 0 saturated carbocycles. The molecule has 1 aliphatic heterocycles. The van der Waals surface area contributed by atoms with Crippen molar-refractivity contribution in [3.8, 4) is 0 Å². The van der Waals surface area contributed by atoms with Gasteiger partial charge in [0.05, 0.1) is 5.54 Å². The maximum Gasteiger partial charge on any atom is 0.237 e. The molecule has 1 heterocycles. The third kappa shape index (κ3) is 5.41. The van der Waals surface area contributed by atoms with Gasteiger partial charge in [0.1, 0.15) is 0 Å². The van der Waals surface area contributed by atoms with E-state index in [1.54, 1.807) is 0 Å². The Hall–Kier alpha value is -0.610. The zero-order valence-corrected chi connectivity index (χ0v) is 13.6. The van der Waals surface area contributed by atoms with Crippen molar-refractivity contribution < 1.29 is 4.79 Å². The number of unbranched alkanes of at least 4 members (excludes halogenated alkanes) is 1. The van der Waals surface area contributed by atoms with Crippen LogP contribution >= 0.6 is 0 Å². The summed E-state index contributed by atoms with van der Waals surface area (Å²) in [6, 6.07) is 0. The number of hydrogen-bond donors (Lipinski definition) is 2. The molecule has 0 aliphatic carbocycles. The first-order chi connectivity index (χ1) is 9.51. The van der Waals surface area contributed by atoms with Crippen LogP contribution in [0.2, 0.25) is 0 Å². The Morgan fingerprint density at radius 2 is 2.15 bits per heavy atom. The Morgan fingerprint density at radius 3 is 2.75 bits per heavy atom. The summed E-state index contributed by atoms with van der Waals surface area (Å²) in [5, 5.41) is 3.22. The normalized spacial score (nSPS) is 22.9. The van der Waals surface area contributed by atoms with Crippen molar-refractivity contribution >= 4 is 5.91 Å². The molecule has 1 fully saturated rings. The lowest BCUT2D eigenvalue weighted by Gasteiger charge is -2.27. The summed E-state index contributed by atoms with van der Waals surface area (Å²) in [6.07, 6.45) is 7.09. The minimum Gasteiger partial charge on any atom is -0.368 e. The number of carbonyl (C=O) groups is 1. The van der Waals surface area contributed by atoms with Crippen LogP contribution in [0.25, 0.3) is 0 Å². The number of nitrogens with zero attached hydrogens (tertiary/aromatic N) is 1. The highest BCUT2D eigenvalue weighted by atomic mass is 16.1. The van der Waals surface area contributed by atoms with Crippen LogP contribution in [0.3, 0.4) is 0 Å². The van der Waals surface area contributed by atoms with Gasteiger partial charge in [-0.15, -0.1) is 0 Å². The van der Waals surface area contributed by atoms with Gasteiger partial charge in [-0.1, -0.05) is 20.3 Å². The lowest BCUT2D eigenvalue weighted by molar-refractivity contribution is -0.124. The highest BCUT2D eigenvalue weighted by Gasteiger charge is 2.29. The third-order valence-corrected chi connectivity index (χ3v) is 4.58. The summed E-state index contributed by atoms with van der Waals surface area (Å²) < 4.78 is 0. The Kier molecular flexibility index (Phi) is 7.52. The molecular formula is C16H33N3O. The van der Waals surface area contributed by atoms with Crippen LogP contribution in [0.1, 0.15) is 59.3 Å². The third-order valence-electron chi connectivity index (χ3n) is 4.58. The molecule has 0 bridgehead atoms. The molecule has 2 unspecified atom stereocenters. The molecule has 2 atom stereocenters. The van der Waals surface area contributed by atoms with E-state index in [1.807, 2.05) is 13.8 Å². The Balaban J connectivity index is 2.19. The zero-order chi connectivity index (χ0) is 15.0. The first kappa shape index (κ1) is 17.4. The van der Waals surface area contributed by atoms with Gasteiger partial charge < -0.3 is 16.0 Å². The van der Waals surface area contributed by atoms with Crippen molar-refractivity contribution in [3.63, 3.8) is 0 Å². The molecule has 0 aromatic rings. The average Bonchev–Trinajstić information content (AvgIpc) is 2.83. The predicted molar refractivity (Wildman–Crippen MR) is 84.6 cm³/mol. The molecule has 4 nitrogen and oxygen atoms in total. The van der Waals surface area contributed by atoms with Gasteiger partial charge in [-0.25, -0.2) is 0 Å². The molecule has 20 heavy (non-hydrogen) atoms. The van der Waals surface area contributed by atoms with Gasteiger partial charge in [-0.3, -0.25) is 4.79 Å². The predicted octanol–water partition coefficient (Wildman–Crippen LogP) is 2.13. The molecular weight excluding hydrogens is 250 g/mol. The van der Waals surface area contributed by atoms with Crippen LogP contribution in [0.4, 0.5) is 0 Å². The van der Waals surface area contributed by atoms with E-state index < -0.39 is 5.54 Å². The van der Waals surface area contributed by atoms with Gasteiger partial charge in [0, 0.05) is 6.54 Å². The number of hydrogen-bond acceptors (Lipinski definition) is 3. The van der Waals surface area contributed by atoms with Crippen LogP contribution in [0, 0.1) is 5.92 Å². The second-order valence-electron chi connectivity index (χ2n) is 6.43. The number of nitrogens with one attached hydrogen (secondary N) is 1. The van der Waals surface area contributed by atoms with E-state index >= 15 is 0 Å². The Labute approximate surface area is 124 Å². The van der Waals surface area contributed by atoms with Gasteiger partial charge in [-0.2, -0.15) is 0 Å². The molecule has 0 aromatic heterocycles. The van der Waals surface area contributed by atoms with E-state index in [0.717, 1.165) is 31.7 Å². The quantitative estimate of drug-likeness (QED) is 0.604. The molecule has 1 amide bonds. The number of carbonyl (C=O) groups excluding carboxylic acids is 1. The van der Waals surface area contributed by atoms with Crippen molar-refractivity contribution in [1.29, 1.82) is 0 Å². The fourth-order valence-corrected chi connectivity index (χ4v) is 3.26. The fraction of sp³-hybridized carbons (Fsp3) is 0.938. The van der Waals surface area contributed by atoms with Gasteiger partial charge in [0.25, 0.3) is 0 Å². The molecule has 0 aromatic carbocycles. The van der Waals surface area contributed by atoms with E-state index in [1.165, 1.54) is 38.9 Å². The maximum atomic E-state index is 11.5. The summed E-state index contributed by atoms with van der Waals surface area (Å²) >= 11 is 0. The van der Waals surface area contributed by atoms with Crippen molar-refractivity contribution in [3.05, 3.63) is 0 Å². The lowest BCUT2D eigenvalue weighted by atomic mass is 9.94. The topological polar surface area (TPSA) is 58.4 Å². The minimum atomic E-state index is -0.537. The molecule has 118 valence electrons. The van der Waals surface area contributed by atoms with Gasteiger partial charge in [-0.05, 0) is 64.6 Å². The lowest BCUT2D eigenvalue weighted by Crippen LogP contribution is -2.53. The molecule has 0 spiro atoms. The largest absolute Gasteiger partial charge is 0.368 e. The highest BCUT2D eigenvalue weighted by molar-refractivity contribution is 5.84. The molecule has 0 radical (unpaired) electrons. The second-order valence-corrected chi connectivity index (χ2v) is 6.43. The van der Waals surface area contributed by atoms with E-state index in [4.69, 9.17) is 5.73 Å². The van der Waals surface area contributed by atoms with Crippen LogP contribution in [0.5, 0.6) is 0 Å². The fourth-order valence-electron chi connectivity index (χ4n) is 3.26. The zero-order valence-electron chi connectivity index (χ0n) is 13.6. The van der Waals surface area contributed by atoms with E-state index in [2.05, 4.69) is 17.1 Å². The van der Waals surface area contributed by atoms with Gasteiger partial charge >= 0.3 is 0 Å². The first-order valence-corrected chi connectivity index (χ1v) is 8.29. The second kappa shape index (κ2) is 8.63. The molecule has 4 heteroatoms. The van der Waals surface area contributed by atoms with Gasteiger partial charge in [0.2, 0.25) is 5.91 Å². The average molecular weight is 283 g/mol. The van der Waals surface area contributed by atoms with Gasteiger partial charge in [0.15, 0.2) is 0 Å². The van der Waals surface area contributed by atoms with Crippen molar-refractivity contribution in [1.82, 2.24) is 10.2 Å². The molecule has 1 rings (SSSR count). The van der Waals surface area contributed by atoms with Crippen LogP contribution < -0.4 is 11.1 Å². The standard InChI is InChI=1S/C16H33N3O/c1-4-8-14-9-12-19(13-14)11-7-6-10-16(3,15(17)20)18-5-2/h14,18H,4-13H2,1-3H3,(H2,17,20). The van der Waals surface area contributed by atoms with Crippen LogP contribution in [-0.2, 0) is 4.79 Å². The first-order valence-electron chi connectivity index (χ1n) is 8.29. The molecule has 1 saturated heterocycles. The number of amides is 1. The van der Waals surface area contributed by atoms with Crippen LogP contribution in [0.15, 0.2) is 0 Å². The monoisotopic (exact) mass is 283 g/mol. The molecule has 3 N–H and O–H groups in total. The smallest absolute Gasteiger partial charge is 0.237 e. The highest BCUT2D eigenvalue weighted by Crippen LogP contribution is 2.21. The summed E-state index contributed by atoms with van der Waals surface area (Å²) in [5.74, 6) is 0.682. The summed E-state index contributed by atoms with van der Waals surface area (Å²) in [4.78, 5) is 14.1. The number of likely N-dealkylation sites (tertiary alicyclic amines) is 1. The van der Waals surface area contributed by atoms with Crippen molar-refractivity contribution in [2.45, 2.75) is 64.8 Å². The van der Waals surface area contributed by atoms with E-state index in [0.29, 0.717) is 0 Å². The Bertz CT molecular complexity index is 295. The number of rotatable bonds is 10. The summed E-state index contributed by atoms with van der Waals surface area (Å²) in [5.41, 5.74) is 4.96. The number of likely N-dealkylation sites (N-methyl/N-ethyl adjacent to an activating group) is 1. The maximum absolute atomic E-state index is 11.5. The van der Waals surface area contributed by atoms with Crippen molar-refractivity contribution in [2.75, 3.05) is 26.2 Å². The summed E-state index contributed by atoms with van der Waals surface area (Å²) in [7, 11) is 0. The van der Waals surface area contributed by atoms with Crippen molar-refractivity contribution in [2.24, 2.45) is 11.7 Å². The number of nitrogens with two attached hydrogens (primary N) is 1. The van der Waals surface area contributed by atoms with Crippen LogP contribution in [-0.4, -0.2) is 42.5 Å². The Morgan fingerprint density at radius 1 is 1.40 bits per heavy atom. The van der Waals surface area contributed by atoms with E-state index in [9.17, 15) is 4.79 Å². The summed E-state index contributed by atoms with van der Waals surface area (Å²) in [6.45, 7) is 10.7.